The van der Waals surface area contributed by atoms with Crippen molar-refractivity contribution in [3.8, 4) is 11.6 Å². The van der Waals surface area contributed by atoms with Crippen LogP contribution in [0.3, 0.4) is 0 Å². The van der Waals surface area contributed by atoms with Crippen LogP contribution >= 0.6 is 11.3 Å². The molecule has 0 fully saturated rings. The third-order valence-electron chi connectivity index (χ3n) is 4.75. The number of aromatic amines is 1. The van der Waals surface area contributed by atoms with Crippen molar-refractivity contribution in [2.24, 2.45) is 0 Å². The molecule has 1 amide bonds. The molecule has 4 aromatic heterocycles. The maximum Gasteiger partial charge on any atom is 0.255 e. The van der Waals surface area contributed by atoms with Crippen molar-refractivity contribution in [1.29, 1.82) is 0 Å². The molecule has 158 valence electrons. The Hall–Kier alpha value is -3.59. The standard InChI is InChI=1S/C22H21N5O3S/c1-14-6-7-17(31-14)13-27(12-16-5-3-10-30-16)19(28)11-18-15(2)25-21(26-22(18)29)20-23-8-4-9-24-20/h3-10H,11-13H2,1-2H3,(H,25,26,29). The summed E-state index contributed by atoms with van der Waals surface area (Å²) in [6.07, 6.45) is 4.67. The molecule has 0 aliphatic rings. The first-order valence-corrected chi connectivity index (χ1v) is 10.5. The first-order valence-electron chi connectivity index (χ1n) is 9.72. The highest BCUT2D eigenvalue weighted by Gasteiger charge is 2.21. The summed E-state index contributed by atoms with van der Waals surface area (Å²) in [6.45, 7) is 4.50. The minimum atomic E-state index is -0.367. The van der Waals surface area contributed by atoms with E-state index >= 15 is 0 Å². The molecule has 4 aromatic rings. The van der Waals surface area contributed by atoms with E-state index < -0.39 is 0 Å². The number of carbonyl (C=O) groups excluding carboxylic acids is 1. The Morgan fingerprint density at radius 3 is 2.58 bits per heavy atom. The van der Waals surface area contributed by atoms with Crippen LogP contribution in [0.2, 0.25) is 0 Å². The number of H-pyrrole nitrogens is 1. The quantitative estimate of drug-likeness (QED) is 0.478. The summed E-state index contributed by atoms with van der Waals surface area (Å²) in [4.78, 5) is 45.2. The zero-order chi connectivity index (χ0) is 21.8. The number of furan rings is 1. The average molecular weight is 436 g/mol. The summed E-state index contributed by atoms with van der Waals surface area (Å²) in [7, 11) is 0. The van der Waals surface area contributed by atoms with Gasteiger partial charge in [-0.1, -0.05) is 0 Å². The molecule has 0 spiro atoms. The van der Waals surface area contributed by atoms with Gasteiger partial charge in [-0.05, 0) is 44.2 Å². The molecule has 0 saturated carbocycles. The summed E-state index contributed by atoms with van der Waals surface area (Å²) >= 11 is 1.64. The van der Waals surface area contributed by atoms with Crippen molar-refractivity contribution in [2.45, 2.75) is 33.4 Å². The first kappa shape index (κ1) is 20.7. The van der Waals surface area contributed by atoms with E-state index in [1.807, 2.05) is 25.1 Å². The van der Waals surface area contributed by atoms with Crippen LogP contribution in [0, 0.1) is 13.8 Å². The van der Waals surface area contributed by atoms with E-state index in [9.17, 15) is 9.59 Å². The van der Waals surface area contributed by atoms with Crippen LogP contribution in [-0.2, 0) is 24.3 Å². The molecule has 0 aromatic carbocycles. The highest BCUT2D eigenvalue weighted by atomic mass is 32.1. The smallest absolute Gasteiger partial charge is 0.255 e. The molecule has 1 N–H and O–H groups in total. The number of rotatable bonds is 7. The Bertz CT molecular complexity index is 1230. The van der Waals surface area contributed by atoms with Crippen LogP contribution in [0.25, 0.3) is 11.6 Å². The number of aromatic nitrogens is 4. The summed E-state index contributed by atoms with van der Waals surface area (Å²) < 4.78 is 5.43. The van der Waals surface area contributed by atoms with Gasteiger partial charge in [0, 0.05) is 33.4 Å². The molecule has 4 rings (SSSR count). The normalized spacial score (nSPS) is 10.9. The second kappa shape index (κ2) is 9.05. The topological polar surface area (TPSA) is 105 Å². The molecular formula is C22H21N5O3S. The predicted octanol–water partition coefficient (Wildman–Crippen LogP) is 3.27. The van der Waals surface area contributed by atoms with Gasteiger partial charge >= 0.3 is 0 Å². The summed E-state index contributed by atoms with van der Waals surface area (Å²) in [5, 5.41) is 0. The Balaban J connectivity index is 1.58. The number of aryl methyl sites for hydroxylation is 2. The number of carbonyl (C=O) groups is 1. The SMILES string of the molecule is Cc1ccc(CN(Cc2ccco2)C(=O)Cc2c(C)nc(-c3ncccn3)[nH]c2=O)s1. The van der Waals surface area contributed by atoms with E-state index in [1.54, 1.807) is 54.0 Å². The van der Waals surface area contributed by atoms with Crippen LogP contribution in [0.1, 0.15) is 26.8 Å². The largest absolute Gasteiger partial charge is 0.467 e. The minimum absolute atomic E-state index is 0.0604. The third-order valence-corrected chi connectivity index (χ3v) is 5.74. The van der Waals surface area contributed by atoms with Gasteiger partial charge in [0.2, 0.25) is 5.91 Å². The number of hydrogen-bond donors (Lipinski definition) is 1. The van der Waals surface area contributed by atoms with Crippen molar-refractivity contribution in [2.75, 3.05) is 0 Å². The second-order valence-electron chi connectivity index (χ2n) is 7.07. The van der Waals surface area contributed by atoms with Crippen molar-refractivity contribution in [3.05, 3.63) is 86.1 Å². The van der Waals surface area contributed by atoms with Gasteiger partial charge in [0.25, 0.3) is 5.56 Å². The fourth-order valence-electron chi connectivity index (χ4n) is 3.19. The van der Waals surface area contributed by atoms with Crippen molar-refractivity contribution in [1.82, 2.24) is 24.8 Å². The molecule has 9 heteroatoms. The van der Waals surface area contributed by atoms with E-state index in [0.29, 0.717) is 35.9 Å². The molecule has 0 unspecified atom stereocenters. The van der Waals surface area contributed by atoms with Gasteiger partial charge in [-0.25, -0.2) is 15.0 Å². The van der Waals surface area contributed by atoms with Crippen molar-refractivity contribution < 1.29 is 9.21 Å². The van der Waals surface area contributed by atoms with E-state index in [-0.39, 0.29) is 23.7 Å². The number of nitrogens with zero attached hydrogens (tertiary/aromatic N) is 4. The predicted molar refractivity (Wildman–Crippen MR) is 116 cm³/mol. The fraction of sp³-hybridized carbons (Fsp3) is 0.227. The van der Waals surface area contributed by atoms with E-state index in [0.717, 1.165) is 4.88 Å². The summed E-state index contributed by atoms with van der Waals surface area (Å²) in [5.41, 5.74) is 0.439. The van der Waals surface area contributed by atoms with Crippen molar-refractivity contribution in [3.63, 3.8) is 0 Å². The van der Waals surface area contributed by atoms with E-state index in [2.05, 4.69) is 19.9 Å². The zero-order valence-corrected chi connectivity index (χ0v) is 18.0. The lowest BCUT2D eigenvalue weighted by molar-refractivity contribution is -0.132. The maximum absolute atomic E-state index is 13.2. The number of amides is 1. The lowest BCUT2D eigenvalue weighted by atomic mass is 10.1. The number of thiophene rings is 1. The highest BCUT2D eigenvalue weighted by Crippen LogP contribution is 2.20. The van der Waals surface area contributed by atoms with Gasteiger partial charge in [-0.3, -0.25) is 9.59 Å². The molecular weight excluding hydrogens is 414 g/mol. The van der Waals surface area contributed by atoms with Gasteiger partial charge in [-0.15, -0.1) is 11.3 Å². The maximum atomic E-state index is 13.2. The average Bonchev–Trinajstić information content (AvgIpc) is 3.42. The van der Waals surface area contributed by atoms with E-state index in [4.69, 9.17) is 4.42 Å². The van der Waals surface area contributed by atoms with Gasteiger partial charge in [0.1, 0.15) is 5.76 Å². The Morgan fingerprint density at radius 1 is 1.13 bits per heavy atom. The fourth-order valence-corrected chi connectivity index (χ4v) is 4.10. The molecule has 4 heterocycles. The van der Waals surface area contributed by atoms with E-state index in [1.165, 1.54) is 4.88 Å². The molecule has 8 nitrogen and oxygen atoms in total. The first-order chi connectivity index (χ1) is 15.0. The van der Waals surface area contributed by atoms with Gasteiger partial charge < -0.3 is 14.3 Å². The zero-order valence-electron chi connectivity index (χ0n) is 17.2. The van der Waals surface area contributed by atoms with Crippen LogP contribution in [0.4, 0.5) is 0 Å². The van der Waals surface area contributed by atoms with Gasteiger partial charge in [-0.2, -0.15) is 0 Å². The number of nitrogens with one attached hydrogen (secondary N) is 1. The summed E-state index contributed by atoms with van der Waals surface area (Å²) in [5.74, 6) is 1.11. The molecule has 0 saturated heterocycles. The minimum Gasteiger partial charge on any atom is -0.467 e. The van der Waals surface area contributed by atoms with Crippen LogP contribution in [-0.4, -0.2) is 30.7 Å². The lowest BCUT2D eigenvalue weighted by Crippen LogP contribution is -2.33. The molecule has 0 aliphatic carbocycles. The molecule has 0 atom stereocenters. The van der Waals surface area contributed by atoms with Crippen molar-refractivity contribution >= 4 is 17.2 Å². The third kappa shape index (κ3) is 4.95. The van der Waals surface area contributed by atoms with Crippen LogP contribution < -0.4 is 5.56 Å². The Labute approximate surface area is 182 Å². The second-order valence-corrected chi connectivity index (χ2v) is 8.44. The molecule has 0 bridgehead atoms. The molecule has 0 aliphatic heterocycles. The van der Waals surface area contributed by atoms with Gasteiger partial charge in [0.15, 0.2) is 11.6 Å². The lowest BCUT2D eigenvalue weighted by Gasteiger charge is -2.21. The molecule has 31 heavy (non-hydrogen) atoms. The number of hydrogen-bond acceptors (Lipinski definition) is 7. The Kier molecular flexibility index (Phi) is 6.03. The van der Waals surface area contributed by atoms with Gasteiger partial charge in [0.05, 0.1) is 25.8 Å². The highest BCUT2D eigenvalue weighted by molar-refractivity contribution is 7.11. The Morgan fingerprint density at radius 2 is 1.94 bits per heavy atom. The van der Waals surface area contributed by atoms with Crippen LogP contribution in [0.5, 0.6) is 0 Å². The van der Waals surface area contributed by atoms with Crippen LogP contribution in [0.15, 0.2) is 58.2 Å². The molecule has 0 radical (unpaired) electrons. The monoisotopic (exact) mass is 435 g/mol. The summed E-state index contributed by atoms with van der Waals surface area (Å²) in [6, 6.07) is 9.34.